The van der Waals surface area contributed by atoms with Crippen LogP contribution in [0, 0.1) is 11.6 Å². The van der Waals surface area contributed by atoms with Gasteiger partial charge in [-0.1, -0.05) is 24.3 Å². The monoisotopic (exact) mass is 343 g/mol. The summed E-state index contributed by atoms with van der Waals surface area (Å²) in [6.07, 6.45) is 1.03. The number of halogens is 2. The summed E-state index contributed by atoms with van der Waals surface area (Å²) in [7, 11) is 0. The zero-order valence-electron chi connectivity index (χ0n) is 13.1. The Morgan fingerprint density at radius 3 is 2.52 bits per heavy atom. The van der Waals surface area contributed by atoms with E-state index in [-0.39, 0.29) is 6.54 Å². The van der Waals surface area contributed by atoms with Gasteiger partial charge in [0.1, 0.15) is 17.5 Å². The number of imidazole rings is 1. The number of hydrogen-bond donors (Lipinski definition) is 3. The van der Waals surface area contributed by atoms with Crippen molar-refractivity contribution in [3.8, 4) is 22.4 Å². The molecule has 1 aromatic heterocycles. The van der Waals surface area contributed by atoms with Crippen LogP contribution in [0.2, 0.25) is 0 Å². The number of carbonyl (C=O) groups is 1. The van der Waals surface area contributed by atoms with Crippen molar-refractivity contribution in [2.24, 2.45) is 0 Å². The van der Waals surface area contributed by atoms with Crippen molar-refractivity contribution in [3.05, 3.63) is 66.1 Å². The molecule has 25 heavy (non-hydrogen) atoms. The lowest BCUT2D eigenvalue weighted by Gasteiger charge is -2.05. The lowest BCUT2D eigenvalue weighted by molar-refractivity contribution is 0.194. The van der Waals surface area contributed by atoms with Crippen LogP contribution in [-0.2, 0) is 6.42 Å². The molecule has 0 aliphatic heterocycles. The molecule has 1 amide bonds. The molecule has 0 saturated carbocycles. The first kappa shape index (κ1) is 16.6. The maximum atomic E-state index is 13.8. The van der Waals surface area contributed by atoms with Crippen LogP contribution in [0.15, 0.2) is 48.7 Å². The quantitative estimate of drug-likeness (QED) is 0.659. The molecule has 5 nitrogen and oxygen atoms in total. The van der Waals surface area contributed by atoms with E-state index in [1.807, 2.05) is 12.1 Å². The SMILES string of the molecule is O=C(O)NCCc1ncc(-c2ccc(-c3ccc(F)cc3F)cc2)[nH]1. The van der Waals surface area contributed by atoms with Crippen LogP contribution in [0.1, 0.15) is 5.82 Å². The number of nitrogens with zero attached hydrogens (tertiary/aromatic N) is 1. The van der Waals surface area contributed by atoms with Gasteiger partial charge >= 0.3 is 6.09 Å². The Kier molecular flexibility index (Phi) is 4.74. The summed E-state index contributed by atoms with van der Waals surface area (Å²) >= 11 is 0. The van der Waals surface area contributed by atoms with Crippen molar-refractivity contribution in [2.75, 3.05) is 6.54 Å². The zero-order valence-corrected chi connectivity index (χ0v) is 13.1. The van der Waals surface area contributed by atoms with Crippen LogP contribution in [0.4, 0.5) is 13.6 Å². The predicted octanol–water partition coefficient (Wildman–Crippen LogP) is 3.83. The molecule has 128 valence electrons. The summed E-state index contributed by atoms with van der Waals surface area (Å²) in [5.41, 5.74) is 2.61. The summed E-state index contributed by atoms with van der Waals surface area (Å²) in [5, 5.41) is 10.8. The van der Waals surface area contributed by atoms with E-state index in [1.54, 1.807) is 18.3 Å². The zero-order chi connectivity index (χ0) is 17.8. The third kappa shape index (κ3) is 4.00. The topological polar surface area (TPSA) is 78.0 Å². The van der Waals surface area contributed by atoms with Crippen molar-refractivity contribution >= 4 is 6.09 Å². The third-order valence-corrected chi connectivity index (χ3v) is 3.70. The van der Waals surface area contributed by atoms with Gasteiger partial charge in [-0.25, -0.2) is 18.6 Å². The van der Waals surface area contributed by atoms with Gasteiger partial charge in [0.15, 0.2) is 0 Å². The molecule has 0 aliphatic rings. The van der Waals surface area contributed by atoms with Crippen molar-refractivity contribution in [3.63, 3.8) is 0 Å². The molecule has 3 aromatic rings. The fraction of sp³-hybridized carbons (Fsp3) is 0.111. The molecule has 0 fully saturated rings. The Hall–Kier alpha value is -3.22. The largest absolute Gasteiger partial charge is 0.465 e. The Morgan fingerprint density at radius 1 is 1.12 bits per heavy atom. The Morgan fingerprint density at radius 2 is 1.84 bits per heavy atom. The van der Waals surface area contributed by atoms with Crippen LogP contribution in [0.5, 0.6) is 0 Å². The molecule has 0 saturated heterocycles. The molecular formula is C18H15F2N3O2. The van der Waals surface area contributed by atoms with Gasteiger partial charge in [0.2, 0.25) is 0 Å². The summed E-state index contributed by atoms with van der Waals surface area (Å²) in [4.78, 5) is 17.7. The van der Waals surface area contributed by atoms with Crippen molar-refractivity contribution < 1.29 is 18.7 Å². The maximum absolute atomic E-state index is 13.8. The number of benzene rings is 2. The summed E-state index contributed by atoms with van der Waals surface area (Å²) in [6, 6.07) is 10.6. The fourth-order valence-electron chi connectivity index (χ4n) is 2.48. The Bertz CT molecular complexity index is 892. The Balaban J connectivity index is 1.74. The first-order chi connectivity index (χ1) is 12.0. The van der Waals surface area contributed by atoms with Gasteiger partial charge in [-0.05, 0) is 23.3 Å². The van der Waals surface area contributed by atoms with Crippen molar-refractivity contribution in [1.29, 1.82) is 0 Å². The number of H-pyrrole nitrogens is 1. The number of carboxylic acid groups (broad SMARTS) is 1. The molecule has 0 spiro atoms. The number of hydrogen-bond acceptors (Lipinski definition) is 2. The van der Waals surface area contributed by atoms with Crippen LogP contribution >= 0.6 is 0 Å². The molecule has 0 radical (unpaired) electrons. The number of amides is 1. The van der Waals surface area contributed by atoms with Gasteiger partial charge < -0.3 is 15.4 Å². The highest BCUT2D eigenvalue weighted by atomic mass is 19.1. The van der Waals surface area contributed by atoms with Crippen LogP contribution < -0.4 is 5.32 Å². The smallest absolute Gasteiger partial charge is 0.404 e. The fourth-order valence-corrected chi connectivity index (χ4v) is 2.48. The average molecular weight is 343 g/mol. The molecule has 3 rings (SSSR count). The second kappa shape index (κ2) is 7.12. The first-order valence-electron chi connectivity index (χ1n) is 7.59. The molecule has 1 heterocycles. The van der Waals surface area contributed by atoms with Gasteiger partial charge in [0.25, 0.3) is 0 Å². The summed E-state index contributed by atoms with van der Waals surface area (Å²) in [6.45, 7) is 0.269. The van der Waals surface area contributed by atoms with E-state index < -0.39 is 17.7 Å². The number of aromatic nitrogens is 2. The van der Waals surface area contributed by atoms with Gasteiger partial charge in [0.05, 0.1) is 11.9 Å². The van der Waals surface area contributed by atoms with E-state index in [4.69, 9.17) is 5.11 Å². The molecule has 0 atom stereocenters. The number of rotatable bonds is 5. The van der Waals surface area contributed by atoms with Crippen LogP contribution in [0.3, 0.4) is 0 Å². The predicted molar refractivity (Wildman–Crippen MR) is 89.1 cm³/mol. The molecule has 0 bridgehead atoms. The number of aromatic amines is 1. The highest BCUT2D eigenvalue weighted by Crippen LogP contribution is 2.26. The minimum absolute atomic E-state index is 0.269. The van der Waals surface area contributed by atoms with Crippen LogP contribution in [-0.4, -0.2) is 27.7 Å². The molecular weight excluding hydrogens is 328 g/mol. The molecule has 7 heteroatoms. The lowest BCUT2D eigenvalue weighted by atomic mass is 10.0. The van der Waals surface area contributed by atoms with E-state index in [2.05, 4.69) is 15.3 Å². The van der Waals surface area contributed by atoms with E-state index in [0.717, 1.165) is 17.3 Å². The first-order valence-corrected chi connectivity index (χ1v) is 7.59. The van der Waals surface area contributed by atoms with E-state index in [1.165, 1.54) is 12.1 Å². The van der Waals surface area contributed by atoms with Crippen molar-refractivity contribution in [1.82, 2.24) is 15.3 Å². The average Bonchev–Trinajstić information content (AvgIpc) is 3.04. The van der Waals surface area contributed by atoms with Crippen molar-refractivity contribution in [2.45, 2.75) is 6.42 Å². The molecule has 2 aromatic carbocycles. The van der Waals surface area contributed by atoms with Gasteiger partial charge in [-0.2, -0.15) is 0 Å². The highest BCUT2D eigenvalue weighted by Gasteiger charge is 2.08. The third-order valence-electron chi connectivity index (χ3n) is 3.70. The molecule has 0 unspecified atom stereocenters. The highest BCUT2D eigenvalue weighted by molar-refractivity contribution is 5.69. The second-order valence-electron chi connectivity index (χ2n) is 5.43. The number of nitrogens with one attached hydrogen (secondary N) is 2. The normalized spacial score (nSPS) is 10.6. The maximum Gasteiger partial charge on any atom is 0.404 e. The minimum atomic E-state index is -1.07. The molecule has 0 aliphatic carbocycles. The van der Waals surface area contributed by atoms with E-state index >= 15 is 0 Å². The Labute approximate surface area is 142 Å². The second-order valence-corrected chi connectivity index (χ2v) is 5.43. The minimum Gasteiger partial charge on any atom is -0.465 e. The summed E-state index contributed by atoms with van der Waals surface area (Å²) in [5.74, 6) is -0.555. The van der Waals surface area contributed by atoms with Gasteiger partial charge in [-0.15, -0.1) is 0 Å². The van der Waals surface area contributed by atoms with Gasteiger partial charge in [-0.3, -0.25) is 0 Å². The lowest BCUT2D eigenvalue weighted by Crippen LogP contribution is -2.23. The molecule has 3 N–H and O–H groups in total. The van der Waals surface area contributed by atoms with E-state index in [9.17, 15) is 13.6 Å². The summed E-state index contributed by atoms with van der Waals surface area (Å²) < 4.78 is 26.8. The van der Waals surface area contributed by atoms with E-state index in [0.29, 0.717) is 23.4 Å². The standard InChI is InChI=1S/C18H15F2N3O2/c19-13-5-6-14(15(20)9-13)11-1-3-12(4-2-11)16-10-22-17(23-16)7-8-21-18(24)25/h1-6,9-10,21H,7-8H2,(H,22,23)(H,24,25). The van der Waals surface area contributed by atoms with Gasteiger partial charge in [0, 0.05) is 24.6 Å². The van der Waals surface area contributed by atoms with Crippen LogP contribution in [0.25, 0.3) is 22.4 Å².